The van der Waals surface area contributed by atoms with E-state index in [4.69, 9.17) is 36.5 Å². The first-order valence-corrected chi connectivity index (χ1v) is 25.2. The molecule has 0 heterocycles. The molecule has 8 rings (SSSR count). The Kier molecular flexibility index (Phi) is 21.9. The summed E-state index contributed by atoms with van der Waals surface area (Å²) in [6.45, 7) is 2.86. The number of fused-ring (bicyclic) bond motifs is 2. The Morgan fingerprint density at radius 3 is 0.826 bits per heavy atom. The Labute approximate surface area is 412 Å². The summed E-state index contributed by atoms with van der Waals surface area (Å²) in [6.07, 6.45) is 0. The van der Waals surface area contributed by atoms with Crippen molar-refractivity contribution in [3.05, 3.63) is 194 Å². The molecule has 0 bridgehead atoms. The van der Waals surface area contributed by atoms with Gasteiger partial charge in [0.05, 0.1) is 12.1 Å². The molecule has 0 N–H and O–H groups in total. The van der Waals surface area contributed by atoms with Gasteiger partial charge >= 0.3 is 31.4 Å². The topological polar surface area (TPSA) is 162 Å². The van der Waals surface area contributed by atoms with E-state index in [9.17, 15) is 26.3 Å². The van der Waals surface area contributed by atoms with Crippen LogP contribution >= 0.6 is 15.8 Å². The van der Waals surface area contributed by atoms with E-state index in [0.717, 1.165) is 0 Å². The minimum atomic E-state index is -6.09. The molecular formula is C50H38F6N2O6P2PdS2. The summed E-state index contributed by atoms with van der Waals surface area (Å²) in [5.41, 5.74) is -8.59. The van der Waals surface area contributed by atoms with Crippen LogP contribution in [-0.2, 0) is 40.7 Å². The molecule has 0 spiro atoms. The average molecular weight is 1110 g/mol. The Balaban J connectivity index is 0.000000461. The van der Waals surface area contributed by atoms with Crippen LogP contribution < -0.4 is 31.8 Å². The molecule has 0 aromatic heterocycles. The smallest absolute Gasteiger partial charge is 0.741 e. The van der Waals surface area contributed by atoms with Gasteiger partial charge in [-0.2, -0.15) is 36.9 Å². The molecule has 0 aliphatic heterocycles. The van der Waals surface area contributed by atoms with Gasteiger partial charge in [0.2, 0.25) is 0 Å². The third-order valence-corrected chi connectivity index (χ3v) is 15.3. The van der Waals surface area contributed by atoms with Gasteiger partial charge in [0.1, 0.15) is 0 Å². The summed E-state index contributed by atoms with van der Waals surface area (Å²) in [7, 11) is -13.9. The summed E-state index contributed by atoms with van der Waals surface area (Å²) >= 11 is 0. The van der Waals surface area contributed by atoms with Gasteiger partial charge in [-0.05, 0) is 80.3 Å². The second-order valence-electron chi connectivity index (χ2n) is 13.6. The van der Waals surface area contributed by atoms with Gasteiger partial charge in [0, 0.05) is 13.8 Å². The minimum Gasteiger partial charge on any atom is -0.741 e. The predicted molar refractivity (Wildman–Crippen MR) is 258 cm³/mol. The molecule has 0 unspecified atom stereocenters. The van der Waals surface area contributed by atoms with Gasteiger partial charge < -0.3 is 9.11 Å². The molecule has 19 heteroatoms. The summed E-state index contributed by atoms with van der Waals surface area (Å²) in [4.78, 5) is 0. The average Bonchev–Trinajstić information content (AvgIpc) is 3.30. The number of halogens is 6. The van der Waals surface area contributed by atoms with Gasteiger partial charge in [-0.3, -0.25) is 0 Å². The fourth-order valence-corrected chi connectivity index (χ4v) is 11.5. The first-order valence-electron chi connectivity index (χ1n) is 19.7. The third-order valence-electron chi connectivity index (χ3n) is 9.17. The zero-order valence-corrected chi connectivity index (χ0v) is 41.1. The van der Waals surface area contributed by atoms with Gasteiger partial charge in [-0.1, -0.05) is 194 Å². The van der Waals surface area contributed by atoms with E-state index in [2.05, 4.69) is 194 Å². The molecule has 358 valence electrons. The normalized spacial score (nSPS) is 11.1. The van der Waals surface area contributed by atoms with Crippen LogP contribution in [0.2, 0.25) is 0 Å². The monoisotopic (exact) mass is 1110 g/mol. The van der Waals surface area contributed by atoms with Crippen molar-refractivity contribution in [3.8, 4) is 23.3 Å². The quantitative estimate of drug-likeness (QED) is 0.0501. The van der Waals surface area contributed by atoms with E-state index in [1.54, 1.807) is 12.1 Å². The minimum absolute atomic E-state index is 0. The summed E-state index contributed by atoms with van der Waals surface area (Å²) in [5, 5.41) is 28.0. The maximum atomic E-state index is 10.7. The van der Waals surface area contributed by atoms with Crippen molar-refractivity contribution < 1.29 is 72.7 Å². The molecule has 8 aromatic rings. The number of alkyl halides is 6. The predicted octanol–water partition coefficient (Wildman–Crippen LogP) is 10.3. The number of hydrogen-bond donors (Lipinski definition) is 0. The number of rotatable bonds is 7. The van der Waals surface area contributed by atoms with Gasteiger partial charge in [-0.15, -0.1) is 0 Å². The van der Waals surface area contributed by atoms with Crippen molar-refractivity contribution in [2.75, 3.05) is 0 Å². The van der Waals surface area contributed by atoms with Crippen LogP contribution in [0, 0.1) is 22.7 Å². The van der Waals surface area contributed by atoms with Crippen molar-refractivity contribution in [2.45, 2.75) is 24.9 Å². The van der Waals surface area contributed by atoms with Crippen LogP contribution in [-0.4, -0.2) is 37.0 Å². The van der Waals surface area contributed by atoms with E-state index in [1.165, 1.54) is 78.3 Å². The fourth-order valence-electron chi connectivity index (χ4n) is 6.58. The molecule has 69 heavy (non-hydrogen) atoms. The van der Waals surface area contributed by atoms with Crippen LogP contribution in [0.1, 0.15) is 13.8 Å². The van der Waals surface area contributed by atoms with Crippen LogP contribution in [0.15, 0.2) is 194 Å². The molecule has 0 amide bonds. The van der Waals surface area contributed by atoms with Crippen molar-refractivity contribution in [1.82, 2.24) is 0 Å². The molecule has 0 saturated heterocycles. The maximum absolute atomic E-state index is 10.7. The summed E-state index contributed by atoms with van der Waals surface area (Å²) in [6, 6.07) is 75.3. The number of benzene rings is 8. The molecule has 8 nitrogen and oxygen atoms in total. The summed E-state index contributed by atoms with van der Waals surface area (Å²) < 4.78 is 118. The Bertz CT molecular complexity index is 2920. The Hall–Kier alpha value is -5.82. The van der Waals surface area contributed by atoms with E-state index in [0.29, 0.717) is 0 Å². The molecule has 0 atom stereocenters. The standard InChI is InChI=1S/C44H32P2.2C2H3N.2CHF3O3S.Pd/c1-5-19-35(20-6-1)45(36-21-7-2-8-22-36)41-31-29-33-17-13-15-27-39(33)43(41)44-40-28-16-14-18-34(40)30-32-42(44)46(37-23-9-3-10-24-37)38-25-11-4-12-26-38;2*1-2-3;2*2-1(3,4)8(5,6)7;/h1-32H;2*1H3;2*(H,5,6,7);/q;;;;;+2/p-2. The van der Waals surface area contributed by atoms with Crippen LogP contribution in [0.3, 0.4) is 0 Å². The van der Waals surface area contributed by atoms with Gasteiger partial charge in [-0.25, -0.2) is 16.8 Å². The molecule has 0 radical (unpaired) electrons. The maximum Gasteiger partial charge on any atom is 2.00 e. The van der Waals surface area contributed by atoms with Crippen molar-refractivity contribution in [3.63, 3.8) is 0 Å². The zero-order chi connectivity index (χ0) is 50.1. The van der Waals surface area contributed by atoms with Crippen molar-refractivity contribution in [1.29, 1.82) is 10.5 Å². The second kappa shape index (κ2) is 26.2. The first kappa shape index (κ1) is 57.5. The third kappa shape index (κ3) is 15.6. The number of hydrogen-bond acceptors (Lipinski definition) is 8. The number of nitrogens with zero attached hydrogens (tertiary/aromatic N) is 2. The van der Waals surface area contributed by atoms with Crippen LogP contribution in [0.25, 0.3) is 32.7 Å². The SMILES string of the molecule is CC#N.CC#N.O=S(=O)([O-])C(F)(F)F.O=S(=O)([O-])C(F)(F)F.[Pd+2].c1ccc(P(c2ccccc2)c2ccc3ccccc3c2-c2c(P(c3ccccc3)c3ccccc3)ccc3ccccc23)cc1. The molecule has 0 aliphatic rings. The van der Waals surface area contributed by atoms with Crippen molar-refractivity contribution in [2.24, 2.45) is 0 Å². The molecule has 0 saturated carbocycles. The van der Waals surface area contributed by atoms with E-state index >= 15 is 0 Å². The van der Waals surface area contributed by atoms with Crippen LogP contribution in [0.5, 0.6) is 0 Å². The first-order chi connectivity index (χ1) is 32.2. The zero-order valence-electron chi connectivity index (χ0n) is 36.1. The molecule has 0 fully saturated rings. The molecule has 0 aliphatic carbocycles. The summed E-state index contributed by atoms with van der Waals surface area (Å²) in [5.74, 6) is 0. The molecular weight excluding hydrogens is 1070 g/mol. The fraction of sp³-hybridized carbons (Fsp3) is 0.0800. The Morgan fingerprint density at radius 1 is 0.406 bits per heavy atom. The molecule has 8 aromatic carbocycles. The van der Waals surface area contributed by atoms with E-state index in [-0.39, 0.29) is 20.4 Å². The van der Waals surface area contributed by atoms with Crippen molar-refractivity contribution >= 4 is 89.5 Å². The van der Waals surface area contributed by atoms with Crippen LogP contribution in [0.4, 0.5) is 26.3 Å². The Morgan fingerprint density at radius 2 is 0.609 bits per heavy atom. The number of nitriles is 2. The second-order valence-corrected chi connectivity index (χ2v) is 20.7. The van der Waals surface area contributed by atoms with E-state index < -0.39 is 47.1 Å². The largest absolute Gasteiger partial charge is 2.00 e. The van der Waals surface area contributed by atoms with Gasteiger partial charge in [0.25, 0.3) is 0 Å². The van der Waals surface area contributed by atoms with Gasteiger partial charge in [0.15, 0.2) is 20.2 Å². The van der Waals surface area contributed by atoms with E-state index in [1.807, 2.05) is 0 Å².